The van der Waals surface area contributed by atoms with Gasteiger partial charge in [-0.15, -0.1) is 0 Å². The van der Waals surface area contributed by atoms with Gasteiger partial charge in [-0.3, -0.25) is 0 Å². The number of fused-ring (bicyclic) bond motifs is 1. The zero-order chi connectivity index (χ0) is 13.7. The average molecular weight is 270 g/mol. The molecular formula is C18H22O2. The van der Waals surface area contributed by atoms with Gasteiger partial charge in [0.25, 0.3) is 0 Å². The van der Waals surface area contributed by atoms with E-state index in [1.54, 1.807) is 0 Å². The molecule has 4 atom stereocenters. The molecule has 2 saturated carbocycles. The van der Waals surface area contributed by atoms with Crippen LogP contribution in [0.15, 0.2) is 18.2 Å². The van der Waals surface area contributed by atoms with Crippen LogP contribution in [0.5, 0.6) is 5.75 Å². The molecule has 0 amide bonds. The molecule has 1 aromatic carbocycles. The van der Waals surface area contributed by atoms with E-state index in [2.05, 4.69) is 6.07 Å². The van der Waals surface area contributed by atoms with Crippen LogP contribution in [0, 0.1) is 17.8 Å². The van der Waals surface area contributed by atoms with Gasteiger partial charge in [0.2, 0.25) is 0 Å². The highest BCUT2D eigenvalue weighted by Gasteiger charge is 2.54. The fraction of sp³-hybridized carbons (Fsp3) is 0.611. The molecule has 0 saturated heterocycles. The van der Waals surface area contributed by atoms with Crippen LogP contribution >= 0.6 is 0 Å². The van der Waals surface area contributed by atoms with Gasteiger partial charge in [0.05, 0.1) is 0 Å². The number of benzene rings is 1. The molecule has 0 heterocycles. The number of phenols is 1. The molecule has 1 unspecified atom stereocenters. The maximum absolute atomic E-state index is 11.5. The minimum absolute atomic E-state index is 0.258. The van der Waals surface area contributed by atoms with Gasteiger partial charge < -0.3 is 9.90 Å². The molecule has 2 fully saturated rings. The summed E-state index contributed by atoms with van der Waals surface area (Å²) in [5.74, 6) is 1.86. The number of carbonyl (C=O) groups excluding carboxylic acids is 1. The lowest BCUT2D eigenvalue weighted by Gasteiger charge is -2.57. The molecule has 20 heavy (non-hydrogen) atoms. The van der Waals surface area contributed by atoms with Crippen molar-refractivity contribution in [3.05, 3.63) is 29.3 Å². The molecular weight excluding hydrogens is 248 g/mol. The van der Waals surface area contributed by atoms with Crippen LogP contribution < -0.4 is 0 Å². The van der Waals surface area contributed by atoms with Crippen molar-refractivity contribution in [2.75, 3.05) is 0 Å². The summed E-state index contributed by atoms with van der Waals surface area (Å²) >= 11 is 0. The van der Waals surface area contributed by atoms with Crippen molar-refractivity contribution < 1.29 is 9.90 Å². The van der Waals surface area contributed by atoms with Gasteiger partial charge in [0.15, 0.2) is 0 Å². The molecule has 3 aliphatic carbocycles. The second kappa shape index (κ2) is 4.34. The number of aldehydes is 1. The topological polar surface area (TPSA) is 37.3 Å². The monoisotopic (exact) mass is 270 g/mol. The van der Waals surface area contributed by atoms with E-state index in [-0.39, 0.29) is 11.3 Å². The van der Waals surface area contributed by atoms with Gasteiger partial charge in [0.1, 0.15) is 12.0 Å². The maximum Gasteiger partial charge on any atom is 0.123 e. The van der Waals surface area contributed by atoms with E-state index in [0.717, 1.165) is 19.3 Å². The Bertz CT molecular complexity index is 550. The molecule has 0 spiro atoms. The number of carbonyl (C=O) groups is 1. The Hall–Kier alpha value is -1.31. The fourth-order valence-electron chi connectivity index (χ4n) is 5.53. The zero-order valence-electron chi connectivity index (χ0n) is 11.8. The van der Waals surface area contributed by atoms with Crippen molar-refractivity contribution in [1.82, 2.24) is 0 Å². The number of aromatic hydroxyl groups is 1. The maximum atomic E-state index is 11.5. The SMILES string of the molecule is O=CC1CC[C@]23CCCC[C@H]2[C@H]1Cc1ccc(O)cc13. The van der Waals surface area contributed by atoms with Crippen LogP contribution in [-0.2, 0) is 16.6 Å². The zero-order valence-corrected chi connectivity index (χ0v) is 11.8. The summed E-state index contributed by atoms with van der Waals surface area (Å²) in [5, 5.41) is 9.91. The molecule has 4 rings (SSSR count). The first-order valence-electron chi connectivity index (χ1n) is 8.02. The van der Waals surface area contributed by atoms with E-state index in [1.807, 2.05) is 12.1 Å². The Labute approximate surface area is 120 Å². The van der Waals surface area contributed by atoms with E-state index in [0.29, 0.717) is 17.6 Å². The van der Waals surface area contributed by atoms with Gasteiger partial charge in [-0.2, -0.15) is 0 Å². The van der Waals surface area contributed by atoms with Crippen LogP contribution in [0.2, 0.25) is 0 Å². The first-order valence-corrected chi connectivity index (χ1v) is 8.02. The standard InChI is InChI=1S/C18H22O2/c19-11-13-6-8-18-7-2-1-3-16(18)15(13)9-12-4-5-14(20)10-17(12)18/h4-5,10-11,13,15-16,20H,1-3,6-9H2/t13?,15-,16-,18+/m0/s1. The lowest BCUT2D eigenvalue weighted by Crippen LogP contribution is -2.52. The normalized spacial score (nSPS) is 38.7. The van der Waals surface area contributed by atoms with Gasteiger partial charge in [-0.25, -0.2) is 0 Å². The quantitative estimate of drug-likeness (QED) is 0.792. The van der Waals surface area contributed by atoms with Crippen LogP contribution in [0.4, 0.5) is 0 Å². The second-order valence-electron chi connectivity index (χ2n) is 7.06. The summed E-state index contributed by atoms with van der Waals surface area (Å²) in [5.41, 5.74) is 3.05. The highest BCUT2D eigenvalue weighted by molar-refractivity contribution is 5.57. The van der Waals surface area contributed by atoms with E-state index in [1.165, 1.54) is 43.1 Å². The lowest BCUT2D eigenvalue weighted by molar-refractivity contribution is -0.117. The molecule has 2 bridgehead atoms. The third-order valence-electron chi connectivity index (χ3n) is 6.35. The summed E-state index contributed by atoms with van der Waals surface area (Å²) < 4.78 is 0. The Balaban J connectivity index is 1.89. The third kappa shape index (κ3) is 1.54. The van der Waals surface area contributed by atoms with Crippen LogP contribution in [-0.4, -0.2) is 11.4 Å². The Morgan fingerprint density at radius 3 is 2.95 bits per heavy atom. The lowest BCUT2D eigenvalue weighted by atomic mass is 9.47. The summed E-state index contributed by atoms with van der Waals surface area (Å²) in [7, 11) is 0. The summed E-state index contributed by atoms with van der Waals surface area (Å²) in [6, 6.07) is 5.92. The number of rotatable bonds is 1. The largest absolute Gasteiger partial charge is 0.508 e. The van der Waals surface area contributed by atoms with Crippen molar-refractivity contribution in [2.45, 2.75) is 50.4 Å². The van der Waals surface area contributed by atoms with Gasteiger partial charge in [0, 0.05) is 5.92 Å². The van der Waals surface area contributed by atoms with Crippen molar-refractivity contribution in [3.8, 4) is 5.75 Å². The smallest absolute Gasteiger partial charge is 0.123 e. The van der Waals surface area contributed by atoms with E-state index >= 15 is 0 Å². The highest BCUT2D eigenvalue weighted by atomic mass is 16.3. The fourth-order valence-corrected chi connectivity index (χ4v) is 5.53. The molecule has 2 nitrogen and oxygen atoms in total. The first kappa shape index (κ1) is 12.4. The molecule has 2 heteroatoms. The van der Waals surface area contributed by atoms with Gasteiger partial charge >= 0.3 is 0 Å². The first-order chi connectivity index (χ1) is 9.74. The van der Waals surface area contributed by atoms with Crippen LogP contribution in [0.25, 0.3) is 0 Å². The predicted octanol–water partition coefficient (Wildman–Crippen LogP) is 3.60. The molecule has 0 aliphatic heterocycles. The van der Waals surface area contributed by atoms with Crippen LogP contribution in [0.3, 0.4) is 0 Å². The van der Waals surface area contributed by atoms with E-state index in [4.69, 9.17) is 0 Å². The van der Waals surface area contributed by atoms with Crippen molar-refractivity contribution >= 4 is 6.29 Å². The van der Waals surface area contributed by atoms with Gasteiger partial charge in [-0.1, -0.05) is 18.9 Å². The number of phenolic OH excluding ortho intramolecular Hbond substituents is 1. The minimum atomic E-state index is 0.258. The third-order valence-corrected chi connectivity index (χ3v) is 6.35. The Kier molecular flexibility index (Phi) is 2.70. The average Bonchev–Trinajstić information content (AvgIpc) is 2.48. The second-order valence-corrected chi connectivity index (χ2v) is 7.06. The molecule has 3 aliphatic rings. The highest BCUT2D eigenvalue weighted by Crippen LogP contribution is 2.60. The minimum Gasteiger partial charge on any atom is -0.508 e. The van der Waals surface area contributed by atoms with Crippen molar-refractivity contribution in [3.63, 3.8) is 0 Å². The molecule has 1 aromatic rings. The molecule has 0 aromatic heterocycles. The van der Waals surface area contributed by atoms with Crippen molar-refractivity contribution in [2.24, 2.45) is 17.8 Å². The Morgan fingerprint density at radius 2 is 2.10 bits per heavy atom. The molecule has 0 radical (unpaired) electrons. The number of hydrogen-bond donors (Lipinski definition) is 1. The van der Waals surface area contributed by atoms with Gasteiger partial charge in [-0.05, 0) is 72.6 Å². The Morgan fingerprint density at radius 1 is 1.20 bits per heavy atom. The van der Waals surface area contributed by atoms with Crippen LogP contribution in [0.1, 0.15) is 49.7 Å². The number of hydrogen-bond acceptors (Lipinski definition) is 2. The van der Waals surface area contributed by atoms with Crippen molar-refractivity contribution in [1.29, 1.82) is 0 Å². The summed E-state index contributed by atoms with van der Waals surface area (Å²) in [6.45, 7) is 0. The summed E-state index contributed by atoms with van der Waals surface area (Å²) in [4.78, 5) is 11.5. The predicted molar refractivity (Wildman–Crippen MR) is 77.7 cm³/mol. The molecule has 106 valence electrons. The van der Waals surface area contributed by atoms with E-state index < -0.39 is 0 Å². The van der Waals surface area contributed by atoms with E-state index in [9.17, 15) is 9.90 Å². The summed E-state index contributed by atoms with van der Waals surface area (Å²) in [6.07, 6.45) is 9.54. The molecule has 1 N–H and O–H groups in total.